The molecule has 2 heterocycles. The summed E-state index contributed by atoms with van der Waals surface area (Å²) in [4.78, 5) is 6.26. The molecule has 2 N–H and O–H groups in total. The zero-order chi connectivity index (χ0) is 8.39. The van der Waals surface area contributed by atoms with E-state index in [4.69, 9.17) is 5.73 Å². The Morgan fingerprint density at radius 2 is 2.00 bits per heavy atom. The third-order valence-electron chi connectivity index (χ3n) is 1.95. The highest BCUT2D eigenvalue weighted by atomic mass is 15.1. The molecule has 12 heavy (non-hydrogen) atoms. The molecule has 0 aliphatic carbocycles. The van der Waals surface area contributed by atoms with E-state index >= 15 is 0 Å². The molecule has 0 saturated heterocycles. The molecule has 0 amide bonds. The van der Waals surface area contributed by atoms with E-state index < -0.39 is 0 Å². The molecule has 0 saturated carbocycles. The van der Waals surface area contributed by atoms with Crippen LogP contribution in [0, 0.1) is 0 Å². The van der Waals surface area contributed by atoms with Crippen LogP contribution in [0.25, 0.3) is 0 Å². The van der Waals surface area contributed by atoms with Crippen LogP contribution in [0.5, 0.6) is 0 Å². The molecule has 0 spiro atoms. The number of hydrogen-bond acceptors (Lipinski definition) is 3. The van der Waals surface area contributed by atoms with Gasteiger partial charge in [0.15, 0.2) is 0 Å². The number of pyridine rings is 1. The van der Waals surface area contributed by atoms with Gasteiger partial charge in [0.2, 0.25) is 0 Å². The van der Waals surface area contributed by atoms with Gasteiger partial charge in [0.25, 0.3) is 0 Å². The molecule has 0 aromatic carbocycles. The topological polar surface area (TPSA) is 42.1 Å². The van der Waals surface area contributed by atoms with Gasteiger partial charge in [-0.25, -0.2) is 4.98 Å². The maximum atomic E-state index is 5.48. The van der Waals surface area contributed by atoms with E-state index in [2.05, 4.69) is 22.0 Å². The monoisotopic (exact) mass is 161 g/mol. The maximum Gasteiger partial charge on any atom is 0.123 e. The summed E-state index contributed by atoms with van der Waals surface area (Å²) in [7, 11) is 0. The average molecular weight is 161 g/mol. The Balaban J connectivity index is 2.18. The predicted molar refractivity (Wildman–Crippen MR) is 50.0 cm³/mol. The summed E-state index contributed by atoms with van der Waals surface area (Å²) >= 11 is 0. The Morgan fingerprint density at radius 3 is 2.58 bits per heavy atom. The highest BCUT2D eigenvalue weighted by molar-refractivity contribution is 5.50. The van der Waals surface area contributed by atoms with Gasteiger partial charge in [-0.1, -0.05) is 12.2 Å². The van der Waals surface area contributed by atoms with Crippen molar-refractivity contribution in [2.45, 2.75) is 0 Å². The fourth-order valence-electron chi connectivity index (χ4n) is 1.27. The first-order valence-corrected chi connectivity index (χ1v) is 3.98. The van der Waals surface area contributed by atoms with Gasteiger partial charge in [0, 0.05) is 13.1 Å². The first-order chi connectivity index (χ1) is 5.86. The largest absolute Gasteiger partial charge is 0.384 e. The Hall–Kier alpha value is -1.51. The first-order valence-electron chi connectivity index (χ1n) is 3.98. The number of nitrogen functional groups attached to an aromatic ring is 1. The van der Waals surface area contributed by atoms with E-state index in [0.717, 1.165) is 18.8 Å². The van der Waals surface area contributed by atoms with E-state index in [0.29, 0.717) is 5.82 Å². The quantitative estimate of drug-likeness (QED) is 0.626. The van der Waals surface area contributed by atoms with Crippen LogP contribution in [0.3, 0.4) is 0 Å². The molecule has 0 atom stereocenters. The van der Waals surface area contributed by atoms with Gasteiger partial charge in [-0.15, -0.1) is 0 Å². The van der Waals surface area contributed by atoms with Crippen LogP contribution in [-0.4, -0.2) is 18.1 Å². The smallest absolute Gasteiger partial charge is 0.123 e. The predicted octanol–water partition coefficient (Wildman–Crippen LogP) is 1.04. The second-order valence-electron chi connectivity index (χ2n) is 2.82. The minimum absolute atomic E-state index is 0.575. The van der Waals surface area contributed by atoms with Gasteiger partial charge in [-0.3, -0.25) is 0 Å². The first kappa shape index (κ1) is 7.16. The molecule has 3 nitrogen and oxygen atoms in total. The maximum absolute atomic E-state index is 5.48. The second-order valence-corrected chi connectivity index (χ2v) is 2.82. The van der Waals surface area contributed by atoms with Crippen molar-refractivity contribution in [1.29, 1.82) is 0 Å². The number of aromatic nitrogens is 1. The molecule has 1 aliphatic rings. The van der Waals surface area contributed by atoms with Crippen molar-refractivity contribution in [3.63, 3.8) is 0 Å². The summed E-state index contributed by atoms with van der Waals surface area (Å²) in [5.74, 6) is 0.575. The average Bonchev–Trinajstić information content (AvgIpc) is 2.58. The zero-order valence-electron chi connectivity index (χ0n) is 6.77. The third-order valence-corrected chi connectivity index (χ3v) is 1.95. The normalized spacial score (nSPS) is 15.5. The van der Waals surface area contributed by atoms with E-state index in [1.165, 1.54) is 0 Å². The van der Waals surface area contributed by atoms with Crippen LogP contribution >= 0.6 is 0 Å². The lowest BCUT2D eigenvalue weighted by molar-refractivity contribution is 0.999. The van der Waals surface area contributed by atoms with Crippen molar-refractivity contribution in [3.8, 4) is 0 Å². The number of rotatable bonds is 1. The highest BCUT2D eigenvalue weighted by Crippen LogP contribution is 2.15. The van der Waals surface area contributed by atoms with Crippen LogP contribution in [0.4, 0.5) is 11.5 Å². The van der Waals surface area contributed by atoms with Crippen molar-refractivity contribution in [1.82, 2.24) is 4.98 Å². The molecule has 0 radical (unpaired) electrons. The molecule has 1 aromatic rings. The van der Waals surface area contributed by atoms with Gasteiger partial charge in [-0.2, -0.15) is 0 Å². The van der Waals surface area contributed by atoms with Crippen LogP contribution < -0.4 is 10.6 Å². The summed E-state index contributed by atoms with van der Waals surface area (Å²) in [6.45, 7) is 1.96. The fourth-order valence-corrected chi connectivity index (χ4v) is 1.27. The number of nitrogens with two attached hydrogens (primary N) is 1. The lowest BCUT2D eigenvalue weighted by Gasteiger charge is -2.16. The Kier molecular flexibility index (Phi) is 1.70. The summed E-state index contributed by atoms with van der Waals surface area (Å²) in [6, 6.07) is 3.82. The van der Waals surface area contributed by atoms with Crippen molar-refractivity contribution >= 4 is 11.5 Å². The molecule has 0 bridgehead atoms. The van der Waals surface area contributed by atoms with Crippen LogP contribution in [-0.2, 0) is 0 Å². The summed E-state index contributed by atoms with van der Waals surface area (Å²) < 4.78 is 0. The molecule has 2 rings (SSSR count). The van der Waals surface area contributed by atoms with Gasteiger partial charge in [0.05, 0.1) is 11.9 Å². The summed E-state index contributed by atoms with van der Waals surface area (Å²) in [6.07, 6.45) is 6.11. The van der Waals surface area contributed by atoms with E-state index in [1.54, 1.807) is 0 Å². The summed E-state index contributed by atoms with van der Waals surface area (Å²) in [5.41, 5.74) is 6.61. The van der Waals surface area contributed by atoms with E-state index in [1.807, 2.05) is 18.3 Å². The highest BCUT2D eigenvalue weighted by Gasteiger charge is 2.06. The molecule has 62 valence electrons. The number of hydrogen-bond donors (Lipinski definition) is 1. The Bertz CT molecular complexity index is 281. The van der Waals surface area contributed by atoms with Gasteiger partial charge in [0.1, 0.15) is 5.82 Å². The van der Waals surface area contributed by atoms with E-state index in [-0.39, 0.29) is 0 Å². The van der Waals surface area contributed by atoms with Crippen LogP contribution in [0.15, 0.2) is 30.5 Å². The van der Waals surface area contributed by atoms with Crippen LogP contribution in [0.2, 0.25) is 0 Å². The molecule has 1 aromatic heterocycles. The zero-order valence-corrected chi connectivity index (χ0v) is 6.77. The van der Waals surface area contributed by atoms with E-state index in [9.17, 15) is 0 Å². The van der Waals surface area contributed by atoms with Crippen molar-refractivity contribution < 1.29 is 0 Å². The summed E-state index contributed by atoms with van der Waals surface area (Å²) in [5, 5.41) is 0. The SMILES string of the molecule is Nc1ccc(N2CC=CC2)cn1. The van der Waals surface area contributed by atoms with Gasteiger partial charge in [-0.05, 0) is 12.1 Å². The van der Waals surface area contributed by atoms with Crippen molar-refractivity contribution in [2.24, 2.45) is 0 Å². The van der Waals surface area contributed by atoms with Gasteiger partial charge < -0.3 is 10.6 Å². The number of nitrogens with zero attached hydrogens (tertiary/aromatic N) is 2. The third kappa shape index (κ3) is 1.25. The molecule has 1 aliphatic heterocycles. The van der Waals surface area contributed by atoms with Crippen LogP contribution in [0.1, 0.15) is 0 Å². The Morgan fingerprint density at radius 1 is 1.25 bits per heavy atom. The second kappa shape index (κ2) is 2.85. The lowest BCUT2D eigenvalue weighted by atomic mass is 10.3. The molecule has 3 heteroatoms. The number of anilines is 2. The molecule has 0 fully saturated rings. The van der Waals surface area contributed by atoms with Crippen molar-refractivity contribution in [3.05, 3.63) is 30.5 Å². The lowest BCUT2D eigenvalue weighted by Crippen LogP contribution is -2.18. The molecular weight excluding hydrogens is 150 g/mol. The van der Waals surface area contributed by atoms with Gasteiger partial charge >= 0.3 is 0 Å². The standard InChI is InChI=1S/C9H11N3/c10-9-4-3-8(7-11-9)12-5-1-2-6-12/h1-4,7H,5-6H2,(H2,10,11). The minimum atomic E-state index is 0.575. The fraction of sp³-hybridized carbons (Fsp3) is 0.222. The minimum Gasteiger partial charge on any atom is -0.384 e. The Labute approximate surface area is 71.5 Å². The van der Waals surface area contributed by atoms with Crippen molar-refractivity contribution in [2.75, 3.05) is 23.7 Å². The molecule has 0 unspecified atom stereocenters. The molecular formula is C9H11N3.